The fourth-order valence-electron chi connectivity index (χ4n) is 2.10. The average Bonchev–Trinajstić information content (AvgIpc) is 2.53. The lowest BCUT2D eigenvalue weighted by atomic mass is 10.1. The van der Waals surface area contributed by atoms with Gasteiger partial charge in [0.1, 0.15) is 0 Å². The molecule has 0 N–H and O–H groups in total. The SMILES string of the molecule is [C-]#[N+]/C(C#N)=C/c1ccc(N(CCCC)CCCC)cc1. The average molecular weight is 281 g/mol. The number of unbranched alkanes of at least 4 members (excludes halogenated alkanes) is 2. The van der Waals surface area contributed by atoms with Crippen molar-refractivity contribution in [2.75, 3.05) is 18.0 Å². The number of rotatable bonds is 8. The fraction of sp³-hybridized carbons (Fsp3) is 0.444. The number of nitrogens with zero attached hydrogens (tertiary/aromatic N) is 3. The molecular formula is C18H23N3. The maximum absolute atomic E-state index is 8.78. The Bertz CT molecular complexity index is 505. The Kier molecular flexibility index (Phi) is 7.69. The molecule has 0 saturated heterocycles. The summed E-state index contributed by atoms with van der Waals surface area (Å²) in [6.45, 7) is 13.5. The summed E-state index contributed by atoms with van der Waals surface area (Å²) in [6.07, 6.45) is 6.41. The Morgan fingerprint density at radius 3 is 2.19 bits per heavy atom. The van der Waals surface area contributed by atoms with Crippen molar-refractivity contribution >= 4 is 11.8 Å². The van der Waals surface area contributed by atoms with Crippen LogP contribution in [0.5, 0.6) is 0 Å². The van der Waals surface area contributed by atoms with Crippen LogP contribution in [0.2, 0.25) is 0 Å². The Hall–Kier alpha value is -2.26. The zero-order chi connectivity index (χ0) is 15.5. The van der Waals surface area contributed by atoms with Gasteiger partial charge in [-0.25, -0.2) is 10.1 Å². The second-order valence-corrected chi connectivity index (χ2v) is 5.04. The van der Waals surface area contributed by atoms with Crippen LogP contribution in [0.4, 0.5) is 5.69 Å². The lowest BCUT2D eigenvalue weighted by Gasteiger charge is -2.24. The van der Waals surface area contributed by atoms with E-state index in [1.165, 1.54) is 31.4 Å². The number of anilines is 1. The first-order chi connectivity index (χ1) is 10.2. The predicted octanol–water partition coefficient (Wildman–Crippen LogP) is 4.88. The minimum Gasteiger partial charge on any atom is -0.372 e. The Labute approximate surface area is 128 Å². The summed E-state index contributed by atoms with van der Waals surface area (Å²) in [5.74, 6) is 0. The van der Waals surface area contributed by atoms with Crippen LogP contribution >= 0.6 is 0 Å². The van der Waals surface area contributed by atoms with Crippen molar-refractivity contribution in [1.29, 1.82) is 5.26 Å². The predicted molar refractivity (Wildman–Crippen MR) is 88.7 cm³/mol. The van der Waals surface area contributed by atoms with Crippen molar-refractivity contribution in [3.63, 3.8) is 0 Å². The van der Waals surface area contributed by atoms with Gasteiger partial charge in [0.25, 0.3) is 5.70 Å². The molecule has 0 unspecified atom stereocenters. The molecule has 0 heterocycles. The summed E-state index contributed by atoms with van der Waals surface area (Å²) in [5.41, 5.74) is 2.24. The van der Waals surface area contributed by atoms with Gasteiger partial charge >= 0.3 is 0 Å². The smallest absolute Gasteiger partial charge is 0.262 e. The molecule has 1 aromatic rings. The van der Waals surface area contributed by atoms with Crippen molar-refractivity contribution in [2.24, 2.45) is 0 Å². The Morgan fingerprint density at radius 1 is 1.19 bits per heavy atom. The van der Waals surface area contributed by atoms with Crippen LogP contribution < -0.4 is 4.90 Å². The van der Waals surface area contributed by atoms with Crippen molar-refractivity contribution in [2.45, 2.75) is 39.5 Å². The summed E-state index contributed by atoms with van der Waals surface area (Å²) in [6, 6.07) is 10.00. The summed E-state index contributed by atoms with van der Waals surface area (Å²) in [4.78, 5) is 5.60. The number of nitriles is 1. The molecule has 0 amide bonds. The van der Waals surface area contributed by atoms with Crippen LogP contribution in [0.15, 0.2) is 30.0 Å². The van der Waals surface area contributed by atoms with Gasteiger partial charge < -0.3 is 4.90 Å². The van der Waals surface area contributed by atoms with Crippen LogP contribution in [-0.4, -0.2) is 13.1 Å². The second kappa shape index (κ2) is 9.61. The Morgan fingerprint density at radius 2 is 1.76 bits per heavy atom. The van der Waals surface area contributed by atoms with Crippen LogP contribution in [0.3, 0.4) is 0 Å². The monoisotopic (exact) mass is 281 g/mol. The summed E-state index contributed by atoms with van der Waals surface area (Å²) in [5, 5.41) is 8.78. The summed E-state index contributed by atoms with van der Waals surface area (Å²) < 4.78 is 0. The third-order valence-electron chi connectivity index (χ3n) is 3.36. The van der Waals surface area contributed by atoms with Crippen LogP contribution in [0, 0.1) is 17.9 Å². The lowest BCUT2D eigenvalue weighted by Crippen LogP contribution is -2.25. The van der Waals surface area contributed by atoms with E-state index in [0.29, 0.717) is 0 Å². The molecule has 0 spiro atoms. The highest BCUT2D eigenvalue weighted by molar-refractivity contribution is 5.61. The third-order valence-corrected chi connectivity index (χ3v) is 3.36. The normalized spacial score (nSPS) is 10.8. The number of hydrogen-bond acceptors (Lipinski definition) is 2. The standard InChI is InChI=1S/C18H23N3/c1-4-6-12-21(13-7-5-2)18-10-8-16(9-11-18)14-17(15-19)20-3/h8-11,14H,4-7,12-13H2,1-2H3/b17-14+. The summed E-state index contributed by atoms with van der Waals surface area (Å²) >= 11 is 0. The van der Waals surface area contributed by atoms with Crippen molar-refractivity contribution in [1.82, 2.24) is 0 Å². The van der Waals surface area contributed by atoms with E-state index in [4.69, 9.17) is 11.8 Å². The van der Waals surface area contributed by atoms with E-state index in [1.54, 1.807) is 6.08 Å². The van der Waals surface area contributed by atoms with Crippen LogP contribution in [-0.2, 0) is 0 Å². The van der Waals surface area contributed by atoms with Crippen molar-refractivity contribution in [3.05, 3.63) is 46.9 Å². The molecule has 0 aromatic heterocycles. The molecule has 3 heteroatoms. The first kappa shape index (κ1) is 16.8. The highest BCUT2D eigenvalue weighted by atomic mass is 15.1. The van der Waals surface area contributed by atoms with Gasteiger partial charge in [-0.3, -0.25) is 0 Å². The molecule has 0 fully saturated rings. The molecule has 0 aliphatic rings. The third kappa shape index (κ3) is 5.71. The first-order valence-corrected chi connectivity index (χ1v) is 7.59. The minimum absolute atomic E-state index is 0.122. The molecule has 0 bridgehead atoms. The van der Waals surface area contributed by atoms with Crippen molar-refractivity contribution in [3.8, 4) is 6.07 Å². The van der Waals surface area contributed by atoms with E-state index in [0.717, 1.165) is 18.7 Å². The molecule has 0 atom stereocenters. The van der Waals surface area contributed by atoms with Gasteiger partial charge in [0.15, 0.2) is 0 Å². The number of benzene rings is 1. The van der Waals surface area contributed by atoms with Crippen LogP contribution in [0.25, 0.3) is 10.9 Å². The molecule has 21 heavy (non-hydrogen) atoms. The fourth-order valence-corrected chi connectivity index (χ4v) is 2.10. The van der Waals surface area contributed by atoms with Gasteiger partial charge in [0.05, 0.1) is 12.6 Å². The maximum Gasteiger partial charge on any atom is 0.262 e. The van der Waals surface area contributed by atoms with E-state index in [2.05, 4.69) is 35.7 Å². The molecule has 0 aliphatic heterocycles. The van der Waals surface area contributed by atoms with Gasteiger partial charge in [0, 0.05) is 18.8 Å². The molecular weight excluding hydrogens is 258 g/mol. The van der Waals surface area contributed by atoms with E-state index >= 15 is 0 Å². The maximum atomic E-state index is 8.78. The molecule has 1 rings (SSSR count). The van der Waals surface area contributed by atoms with Gasteiger partial charge in [-0.15, -0.1) is 0 Å². The second-order valence-electron chi connectivity index (χ2n) is 5.04. The van der Waals surface area contributed by atoms with Crippen LogP contribution in [0.1, 0.15) is 45.1 Å². The zero-order valence-electron chi connectivity index (χ0n) is 13.0. The Balaban J connectivity index is 2.84. The van der Waals surface area contributed by atoms with Gasteiger partial charge in [-0.2, -0.15) is 0 Å². The lowest BCUT2D eigenvalue weighted by molar-refractivity contribution is 0.678. The van der Waals surface area contributed by atoms with E-state index in [1.807, 2.05) is 18.2 Å². The highest BCUT2D eigenvalue weighted by Crippen LogP contribution is 2.18. The van der Waals surface area contributed by atoms with E-state index in [-0.39, 0.29) is 5.70 Å². The zero-order valence-corrected chi connectivity index (χ0v) is 13.0. The molecule has 0 saturated carbocycles. The molecule has 0 aliphatic carbocycles. The summed E-state index contributed by atoms with van der Waals surface area (Å²) in [7, 11) is 0. The first-order valence-electron chi connectivity index (χ1n) is 7.59. The number of hydrogen-bond donors (Lipinski definition) is 0. The molecule has 1 aromatic carbocycles. The quantitative estimate of drug-likeness (QED) is 0.502. The largest absolute Gasteiger partial charge is 0.372 e. The van der Waals surface area contributed by atoms with Crippen molar-refractivity contribution < 1.29 is 0 Å². The van der Waals surface area contributed by atoms with Gasteiger partial charge in [-0.05, 0) is 36.6 Å². The van der Waals surface area contributed by atoms with E-state index < -0.39 is 0 Å². The number of allylic oxidation sites excluding steroid dienone is 1. The molecule has 0 radical (unpaired) electrons. The topological polar surface area (TPSA) is 31.4 Å². The minimum atomic E-state index is 0.122. The molecule has 3 nitrogen and oxygen atoms in total. The molecule has 110 valence electrons. The highest BCUT2D eigenvalue weighted by Gasteiger charge is 2.05. The van der Waals surface area contributed by atoms with Gasteiger partial charge in [0.2, 0.25) is 0 Å². The van der Waals surface area contributed by atoms with E-state index in [9.17, 15) is 0 Å². The van der Waals surface area contributed by atoms with Gasteiger partial charge in [-0.1, -0.05) is 38.8 Å².